The van der Waals surface area contributed by atoms with Crippen molar-refractivity contribution in [2.24, 2.45) is 5.92 Å². The van der Waals surface area contributed by atoms with Crippen LogP contribution in [0.5, 0.6) is 0 Å². The van der Waals surface area contributed by atoms with Crippen molar-refractivity contribution in [1.82, 2.24) is 5.32 Å². The molecule has 1 atom stereocenters. The van der Waals surface area contributed by atoms with Crippen LogP contribution in [0.3, 0.4) is 0 Å². The van der Waals surface area contributed by atoms with E-state index in [1.54, 1.807) is 13.0 Å². The summed E-state index contributed by atoms with van der Waals surface area (Å²) in [6.45, 7) is 9.62. The summed E-state index contributed by atoms with van der Waals surface area (Å²) in [5.41, 5.74) is 2.09. The average Bonchev–Trinajstić information content (AvgIpc) is 2.55. The van der Waals surface area contributed by atoms with Crippen LogP contribution >= 0.6 is 11.6 Å². The first kappa shape index (κ1) is 19.6. The Morgan fingerprint density at radius 2 is 1.84 bits per heavy atom. The topological polar surface area (TPSA) is 61.4 Å². The quantitative estimate of drug-likeness (QED) is 0.783. The molecule has 1 aliphatic rings. The lowest BCUT2D eigenvalue weighted by atomic mass is 9.97. The standard InChI is InChI=1S/C19H28ClN3O2/c1-12(2)21-19(25)16-11-15(22-18(24)14(4)20)5-6-17(16)23-9-7-13(3)8-10-23/h5-6,11-14H,7-10H2,1-4H3,(H,21,25)(H,22,24)/t14-/m1/s1. The smallest absolute Gasteiger partial charge is 0.253 e. The number of rotatable bonds is 5. The Hall–Kier alpha value is -1.75. The summed E-state index contributed by atoms with van der Waals surface area (Å²) < 4.78 is 0. The Balaban J connectivity index is 2.30. The number of hydrogen-bond donors (Lipinski definition) is 2. The average molecular weight is 366 g/mol. The first-order valence-electron chi connectivity index (χ1n) is 8.92. The van der Waals surface area contributed by atoms with Crippen molar-refractivity contribution in [3.63, 3.8) is 0 Å². The molecule has 0 aromatic heterocycles. The molecule has 1 aromatic rings. The summed E-state index contributed by atoms with van der Waals surface area (Å²) >= 11 is 5.82. The molecule has 0 aliphatic carbocycles. The van der Waals surface area contributed by atoms with Gasteiger partial charge in [-0.2, -0.15) is 0 Å². The third kappa shape index (κ3) is 5.36. The summed E-state index contributed by atoms with van der Waals surface area (Å²) in [6, 6.07) is 5.53. The Morgan fingerprint density at radius 3 is 2.40 bits per heavy atom. The number of alkyl halides is 1. The van der Waals surface area contributed by atoms with Crippen molar-refractivity contribution in [2.75, 3.05) is 23.3 Å². The highest BCUT2D eigenvalue weighted by atomic mass is 35.5. The number of benzene rings is 1. The molecular formula is C19H28ClN3O2. The van der Waals surface area contributed by atoms with E-state index in [2.05, 4.69) is 22.5 Å². The number of carbonyl (C=O) groups is 2. The van der Waals surface area contributed by atoms with Gasteiger partial charge in [0.05, 0.1) is 5.56 Å². The molecule has 2 N–H and O–H groups in total. The maximum atomic E-state index is 12.7. The van der Waals surface area contributed by atoms with E-state index in [4.69, 9.17) is 11.6 Å². The monoisotopic (exact) mass is 365 g/mol. The first-order chi connectivity index (χ1) is 11.8. The Morgan fingerprint density at radius 1 is 1.20 bits per heavy atom. The second-order valence-corrected chi connectivity index (χ2v) is 7.79. The molecule has 0 spiro atoms. The predicted octanol–water partition coefficient (Wildman–Crippen LogP) is 3.63. The summed E-state index contributed by atoms with van der Waals surface area (Å²) in [4.78, 5) is 26.8. The molecule has 25 heavy (non-hydrogen) atoms. The van der Waals surface area contributed by atoms with Crippen LogP contribution in [0.2, 0.25) is 0 Å². The van der Waals surface area contributed by atoms with Crippen molar-refractivity contribution < 1.29 is 9.59 Å². The zero-order chi connectivity index (χ0) is 18.6. The van der Waals surface area contributed by atoms with Gasteiger partial charge in [0.25, 0.3) is 5.91 Å². The highest BCUT2D eigenvalue weighted by Crippen LogP contribution is 2.29. The maximum Gasteiger partial charge on any atom is 0.253 e. The number of anilines is 2. The molecule has 1 fully saturated rings. The lowest BCUT2D eigenvalue weighted by Gasteiger charge is -2.33. The Kier molecular flexibility index (Phi) is 6.71. The fourth-order valence-corrected chi connectivity index (χ4v) is 2.96. The summed E-state index contributed by atoms with van der Waals surface area (Å²) in [5.74, 6) is 0.308. The Labute approximate surface area is 155 Å². The molecule has 0 bridgehead atoms. The summed E-state index contributed by atoms with van der Waals surface area (Å²) in [7, 11) is 0. The number of carbonyl (C=O) groups excluding carboxylic acids is 2. The number of amides is 2. The summed E-state index contributed by atoms with van der Waals surface area (Å²) in [5, 5.41) is 5.08. The fourth-order valence-electron chi connectivity index (χ4n) is 2.90. The van der Waals surface area contributed by atoms with Crippen LogP contribution < -0.4 is 15.5 Å². The second-order valence-electron chi connectivity index (χ2n) is 7.13. The Bertz CT molecular complexity index is 623. The van der Waals surface area contributed by atoms with E-state index in [0.29, 0.717) is 17.2 Å². The molecule has 5 nitrogen and oxygen atoms in total. The van der Waals surface area contributed by atoms with E-state index in [-0.39, 0.29) is 17.9 Å². The third-order valence-electron chi connectivity index (χ3n) is 4.41. The number of piperidine rings is 1. The number of nitrogens with one attached hydrogen (secondary N) is 2. The van der Waals surface area contributed by atoms with Gasteiger partial charge in [-0.15, -0.1) is 11.6 Å². The maximum absolute atomic E-state index is 12.7. The van der Waals surface area contributed by atoms with Gasteiger partial charge in [0.1, 0.15) is 5.38 Å². The largest absolute Gasteiger partial charge is 0.371 e. The molecule has 2 amide bonds. The third-order valence-corrected chi connectivity index (χ3v) is 4.61. The normalized spacial score (nSPS) is 16.6. The van der Waals surface area contributed by atoms with Crippen LogP contribution in [0, 0.1) is 5.92 Å². The van der Waals surface area contributed by atoms with Gasteiger partial charge in [0, 0.05) is 30.5 Å². The lowest BCUT2D eigenvalue weighted by Crippen LogP contribution is -2.36. The minimum Gasteiger partial charge on any atom is -0.371 e. The first-order valence-corrected chi connectivity index (χ1v) is 9.36. The molecule has 6 heteroatoms. The molecule has 1 saturated heterocycles. The minimum atomic E-state index is -0.629. The second kappa shape index (κ2) is 8.56. The molecule has 0 radical (unpaired) electrons. The van der Waals surface area contributed by atoms with Crippen LogP contribution in [0.1, 0.15) is 50.9 Å². The van der Waals surface area contributed by atoms with Crippen LogP contribution in [-0.2, 0) is 4.79 Å². The zero-order valence-corrected chi connectivity index (χ0v) is 16.2. The molecule has 1 aromatic carbocycles. The molecule has 138 valence electrons. The lowest BCUT2D eigenvalue weighted by molar-refractivity contribution is -0.115. The highest BCUT2D eigenvalue weighted by Gasteiger charge is 2.22. The van der Waals surface area contributed by atoms with Crippen LogP contribution in [0.4, 0.5) is 11.4 Å². The summed E-state index contributed by atoms with van der Waals surface area (Å²) in [6.07, 6.45) is 2.24. The van der Waals surface area contributed by atoms with Gasteiger partial charge in [-0.05, 0) is 57.7 Å². The van der Waals surface area contributed by atoms with Crippen LogP contribution in [-0.4, -0.2) is 36.3 Å². The van der Waals surface area contributed by atoms with E-state index in [1.807, 2.05) is 26.0 Å². The van der Waals surface area contributed by atoms with E-state index < -0.39 is 5.38 Å². The highest BCUT2D eigenvalue weighted by molar-refractivity contribution is 6.32. The van der Waals surface area contributed by atoms with Crippen molar-refractivity contribution in [3.05, 3.63) is 23.8 Å². The van der Waals surface area contributed by atoms with Gasteiger partial charge >= 0.3 is 0 Å². The molecular weight excluding hydrogens is 338 g/mol. The van der Waals surface area contributed by atoms with Gasteiger partial charge in [0.2, 0.25) is 5.91 Å². The molecule has 1 aliphatic heterocycles. The van der Waals surface area contributed by atoms with Crippen molar-refractivity contribution in [1.29, 1.82) is 0 Å². The van der Waals surface area contributed by atoms with Gasteiger partial charge in [-0.3, -0.25) is 9.59 Å². The van der Waals surface area contributed by atoms with Gasteiger partial charge in [0.15, 0.2) is 0 Å². The molecule has 1 heterocycles. The van der Waals surface area contributed by atoms with Gasteiger partial charge in [-0.25, -0.2) is 0 Å². The van der Waals surface area contributed by atoms with E-state index >= 15 is 0 Å². The SMILES string of the molecule is CC1CCN(c2ccc(NC(=O)[C@@H](C)Cl)cc2C(=O)NC(C)C)CC1. The number of hydrogen-bond acceptors (Lipinski definition) is 3. The van der Waals surface area contributed by atoms with Crippen LogP contribution in [0.15, 0.2) is 18.2 Å². The fraction of sp³-hybridized carbons (Fsp3) is 0.579. The minimum absolute atomic E-state index is 0.0443. The zero-order valence-electron chi connectivity index (χ0n) is 15.4. The molecule has 2 rings (SSSR count). The van der Waals surface area contributed by atoms with Crippen LogP contribution in [0.25, 0.3) is 0 Å². The van der Waals surface area contributed by atoms with Crippen molar-refractivity contribution >= 4 is 34.8 Å². The number of halogens is 1. The van der Waals surface area contributed by atoms with Gasteiger partial charge in [-0.1, -0.05) is 6.92 Å². The number of nitrogens with zero attached hydrogens (tertiary/aromatic N) is 1. The van der Waals surface area contributed by atoms with E-state index in [1.165, 1.54) is 0 Å². The molecule has 0 unspecified atom stereocenters. The molecule has 0 saturated carbocycles. The predicted molar refractivity (Wildman–Crippen MR) is 104 cm³/mol. The van der Waals surface area contributed by atoms with E-state index in [0.717, 1.165) is 31.6 Å². The van der Waals surface area contributed by atoms with E-state index in [9.17, 15) is 9.59 Å². The van der Waals surface area contributed by atoms with Crippen molar-refractivity contribution in [3.8, 4) is 0 Å². The van der Waals surface area contributed by atoms with Gasteiger partial charge < -0.3 is 15.5 Å². The van der Waals surface area contributed by atoms with Crippen molar-refractivity contribution in [2.45, 2.75) is 52.0 Å².